The first kappa shape index (κ1) is 25.4. The van der Waals surface area contributed by atoms with Crippen LogP contribution in [0.15, 0.2) is 30.6 Å². The quantitative estimate of drug-likeness (QED) is 0.425. The summed E-state index contributed by atoms with van der Waals surface area (Å²) in [7, 11) is 0. The molecule has 1 aliphatic heterocycles. The van der Waals surface area contributed by atoms with Crippen molar-refractivity contribution in [3.05, 3.63) is 47.5 Å². The van der Waals surface area contributed by atoms with Crippen molar-refractivity contribution in [1.82, 2.24) is 14.3 Å². The molecule has 1 aromatic heterocycles. The number of anilines is 2. The Hall–Kier alpha value is -2.21. The molecule has 5 nitrogen and oxygen atoms in total. The second kappa shape index (κ2) is 9.96. The Labute approximate surface area is 192 Å². The molecule has 1 saturated carbocycles. The van der Waals surface area contributed by atoms with Crippen LogP contribution in [0.5, 0.6) is 0 Å². The van der Waals surface area contributed by atoms with E-state index >= 15 is 0 Å². The highest BCUT2D eigenvalue weighted by Crippen LogP contribution is 2.45. The van der Waals surface area contributed by atoms with Crippen molar-refractivity contribution in [2.45, 2.75) is 57.5 Å². The molecule has 1 aromatic carbocycles. The molecule has 2 aliphatic rings. The number of nitrogen functional groups attached to an aromatic ring is 1. The van der Waals surface area contributed by atoms with Crippen molar-refractivity contribution in [2.24, 2.45) is 5.92 Å². The standard InChI is InChI=1S/C19H19F6N5S.C2H6/c20-18(21,22)13-3-4-15-12(5-13)8-29(31-19(23,24)25)9-16(11-1-2-11)30(15)10-17-27-6-14(26)7-28-17;1-2/h3-7,11,16H,1-2,8-10,26H2;1-2H3. The first-order chi connectivity index (χ1) is 15.5. The molecular formula is C21H25F6N5S. The number of fused-ring (bicyclic) bond motifs is 1. The highest BCUT2D eigenvalue weighted by atomic mass is 32.2. The molecule has 2 heterocycles. The Kier molecular flexibility index (Phi) is 7.67. The number of rotatable bonds is 4. The summed E-state index contributed by atoms with van der Waals surface area (Å²) >= 11 is -0.295. The molecule has 0 bridgehead atoms. The Morgan fingerprint density at radius 3 is 2.24 bits per heavy atom. The summed E-state index contributed by atoms with van der Waals surface area (Å²) in [4.78, 5) is 10.2. The minimum atomic E-state index is -4.59. The van der Waals surface area contributed by atoms with Crippen LogP contribution in [0.25, 0.3) is 0 Å². The van der Waals surface area contributed by atoms with Gasteiger partial charge in [-0.25, -0.2) is 14.3 Å². The van der Waals surface area contributed by atoms with Crippen molar-refractivity contribution in [3.63, 3.8) is 0 Å². The number of nitrogens with zero attached hydrogens (tertiary/aromatic N) is 4. The van der Waals surface area contributed by atoms with E-state index in [2.05, 4.69) is 9.97 Å². The minimum absolute atomic E-state index is 0.0554. The molecule has 1 fully saturated rings. The van der Waals surface area contributed by atoms with Gasteiger partial charge >= 0.3 is 11.7 Å². The maximum atomic E-state index is 13.3. The van der Waals surface area contributed by atoms with Crippen molar-refractivity contribution >= 4 is 23.3 Å². The fourth-order valence-corrected chi connectivity index (χ4v) is 4.53. The first-order valence-corrected chi connectivity index (χ1v) is 11.3. The number of alkyl halides is 6. The highest BCUT2D eigenvalue weighted by molar-refractivity contribution is 7.97. The molecule has 0 spiro atoms. The fourth-order valence-electron chi connectivity index (χ4n) is 3.81. The second-order valence-corrected chi connectivity index (χ2v) is 8.83. The Bertz CT molecular complexity index is 930. The summed E-state index contributed by atoms with van der Waals surface area (Å²) in [5, 5.41) is 0. The third kappa shape index (κ3) is 6.66. The largest absolute Gasteiger partial charge is 0.456 e. The Morgan fingerprint density at radius 2 is 1.70 bits per heavy atom. The minimum Gasteiger partial charge on any atom is -0.396 e. The van der Waals surface area contributed by atoms with E-state index < -0.39 is 17.2 Å². The van der Waals surface area contributed by atoms with E-state index in [1.807, 2.05) is 18.7 Å². The van der Waals surface area contributed by atoms with Gasteiger partial charge in [0.2, 0.25) is 0 Å². The third-order valence-corrected chi connectivity index (χ3v) is 6.03. The number of nitrogens with two attached hydrogens (primary N) is 1. The Balaban J connectivity index is 0.00000149. The van der Waals surface area contributed by atoms with Crippen LogP contribution in [0.4, 0.5) is 37.7 Å². The summed E-state index contributed by atoms with van der Waals surface area (Å²) in [6, 6.07) is 2.93. The molecule has 1 unspecified atom stereocenters. The summed E-state index contributed by atoms with van der Waals surface area (Å²) in [5.74, 6) is 0.543. The Morgan fingerprint density at radius 1 is 1.06 bits per heavy atom. The predicted octanol–water partition coefficient (Wildman–Crippen LogP) is 5.87. The van der Waals surface area contributed by atoms with Crippen LogP contribution in [0.1, 0.15) is 43.6 Å². The molecule has 4 rings (SSSR count). The van der Waals surface area contributed by atoms with E-state index in [1.165, 1.54) is 18.5 Å². The number of aromatic nitrogens is 2. The number of hydrogen-bond acceptors (Lipinski definition) is 6. The molecule has 1 aliphatic carbocycles. The molecule has 33 heavy (non-hydrogen) atoms. The number of halogens is 6. The molecular weight excluding hydrogens is 468 g/mol. The molecule has 0 saturated heterocycles. The topological polar surface area (TPSA) is 58.3 Å². The van der Waals surface area contributed by atoms with Gasteiger partial charge in [-0.3, -0.25) is 0 Å². The van der Waals surface area contributed by atoms with Gasteiger partial charge in [-0.15, -0.1) is 0 Å². The zero-order chi connectivity index (χ0) is 24.4. The predicted molar refractivity (Wildman–Crippen MR) is 116 cm³/mol. The van der Waals surface area contributed by atoms with Gasteiger partial charge in [0, 0.05) is 36.8 Å². The summed E-state index contributed by atoms with van der Waals surface area (Å²) < 4.78 is 80.4. The third-order valence-electron chi connectivity index (χ3n) is 5.29. The summed E-state index contributed by atoms with van der Waals surface area (Å²) in [6.45, 7) is 3.95. The van der Waals surface area contributed by atoms with Gasteiger partial charge in [0.15, 0.2) is 0 Å². The van der Waals surface area contributed by atoms with Crippen LogP contribution in [-0.4, -0.2) is 32.4 Å². The average molecular weight is 494 g/mol. The van der Waals surface area contributed by atoms with Crippen molar-refractivity contribution < 1.29 is 26.3 Å². The van der Waals surface area contributed by atoms with Gasteiger partial charge in [-0.05, 0) is 42.5 Å². The van der Waals surface area contributed by atoms with Gasteiger partial charge < -0.3 is 10.6 Å². The lowest BCUT2D eigenvalue weighted by atomic mass is 10.1. The van der Waals surface area contributed by atoms with Crippen LogP contribution in [0.2, 0.25) is 0 Å². The molecule has 1 atom stereocenters. The lowest BCUT2D eigenvalue weighted by Crippen LogP contribution is -2.42. The average Bonchev–Trinajstić information content (AvgIpc) is 3.57. The van der Waals surface area contributed by atoms with Crippen molar-refractivity contribution in [1.29, 1.82) is 0 Å². The highest BCUT2D eigenvalue weighted by Gasteiger charge is 2.43. The van der Waals surface area contributed by atoms with Crippen LogP contribution in [0, 0.1) is 5.92 Å². The lowest BCUT2D eigenvalue weighted by molar-refractivity contribution is -0.137. The van der Waals surface area contributed by atoms with Gasteiger partial charge in [0.25, 0.3) is 0 Å². The van der Waals surface area contributed by atoms with E-state index in [9.17, 15) is 26.3 Å². The molecule has 0 amide bonds. The van der Waals surface area contributed by atoms with Crippen LogP contribution in [-0.2, 0) is 19.3 Å². The zero-order valence-electron chi connectivity index (χ0n) is 18.1. The van der Waals surface area contributed by atoms with Gasteiger partial charge in [0.05, 0.1) is 30.2 Å². The number of hydrogen-bond donors (Lipinski definition) is 1. The lowest BCUT2D eigenvalue weighted by Gasteiger charge is -2.34. The van der Waals surface area contributed by atoms with E-state index in [-0.39, 0.29) is 49.1 Å². The summed E-state index contributed by atoms with van der Waals surface area (Å²) in [6.07, 6.45) is -0.0455. The van der Waals surface area contributed by atoms with Gasteiger partial charge in [-0.1, -0.05) is 13.8 Å². The smallest absolute Gasteiger partial charge is 0.396 e. The van der Waals surface area contributed by atoms with Crippen LogP contribution in [0.3, 0.4) is 0 Å². The normalized spacial score (nSPS) is 19.4. The van der Waals surface area contributed by atoms with Crippen LogP contribution >= 0.6 is 11.9 Å². The second-order valence-electron chi connectivity index (χ2n) is 7.67. The van der Waals surface area contributed by atoms with Gasteiger partial charge in [0.1, 0.15) is 5.82 Å². The van der Waals surface area contributed by atoms with Crippen molar-refractivity contribution in [3.8, 4) is 0 Å². The maximum Gasteiger partial charge on any atom is 0.456 e. The van der Waals surface area contributed by atoms with E-state index in [1.54, 1.807) is 0 Å². The SMILES string of the molecule is CC.Nc1cnc(CN2c3ccc(C(F)(F)F)cc3CN(SC(F)(F)F)CC2C2CC2)nc1. The zero-order valence-corrected chi connectivity index (χ0v) is 18.9. The maximum absolute atomic E-state index is 13.3. The van der Waals surface area contributed by atoms with Gasteiger partial charge in [-0.2, -0.15) is 26.3 Å². The molecule has 182 valence electrons. The van der Waals surface area contributed by atoms with Crippen LogP contribution < -0.4 is 10.6 Å². The summed E-state index contributed by atoms with van der Waals surface area (Å²) in [5.41, 5.74) is 1.21. The van der Waals surface area contributed by atoms with E-state index in [0.717, 1.165) is 29.3 Å². The molecule has 0 radical (unpaired) electrons. The molecule has 12 heteroatoms. The first-order valence-electron chi connectivity index (χ1n) is 10.5. The number of benzene rings is 1. The van der Waals surface area contributed by atoms with E-state index in [0.29, 0.717) is 17.2 Å². The monoisotopic (exact) mass is 493 g/mol. The van der Waals surface area contributed by atoms with Crippen molar-refractivity contribution in [2.75, 3.05) is 17.2 Å². The molecule has 2 N–H and O–H groups in total. The van der Waals surface area contributed by atoms with E-state index in [4.69, 9.17) is 5.73 Å². The fraction of sp³-hybridized carbons (Fsp3) is 0.524. The molecule has 2 aromatic rings.